The zero-order chi connectivity index (χ0) is 15.6. The molecule has 0 N–H and O–H groups in total. The lowest BCUT2D eigenvalue weighted by Crippen LogP contribution is -2.39. The molecular formula is C15H24O5. The van der Waals surface area contributed by atoms with Crippen molar-refractivity contribution in [2.75, 3.05) is 7.11 Å². The van der Waals surface area contributed by atoms with Gasteiger partial charge in [-0.1, -0.05) is 32.4 Å². The van der Waals surface area contributed by atoms with Gasteiger partial charge in [0.2, 0.25) is 6.29 Å². The normalized spacial score (nSPS) is 26.1. The van der Waals surface area contributed by atoms with E-state index in [1.807, 2.05) is 40.7 Å². The first-order valence-electron chi connectivity index (χ1n) is 6.70. The van der Waals surface area contributed by atoms with Crippen LogP contribution in [0.15, 0.2) is 11.6 Å². The number of rotatable bonds is 4. The van der Waals surface area contributed by atoms with Crippen molar-refractivity contribution in [1.29, 1.82) is 0 Å². The molecule has 5 heteroatoms. The van der Waals surface area contributed by atoms with Crippen molar-refractivity contribution in [3.8, 4) is 0 Å². The zero-order valence-electron chi connectivity index (χ0n) is 13.1. The Morgan fingerprint density at radius 1 is 1.40 bits per heavy atom. The minimum Gasteiger partial charge on any atom is -0.469 e. The number of cyclic esters (lactones) is 1. The fourth-order valence-corrected chi connectivity index (χ4v) is 1.83. The number of ether oxygens (including phenoxy) is 3. The number of allylic oxidation sites excluding steroid dienone is 1. The average Bonchev–Trinajstić information content (AvgIpc) is 2.64. The van der Waals surface area contributed by atoms with E-state index in [0.29, 0.717) is 6.42 Å². The molecule has 0 saturated carbocycles. The van der Waals surface area contributed by atoms with Crippen molar-refractivity contribution in [3.05, 3.63) is 11.6 Å². The third-order valence-corrected chi connectivity index (χ3v) is 3.12. The fraction of sp³-hybridized carbons (Fsp3) is 0.733. The number of esters is 2. The number of carbonyl (C=O) groups is 2. The summed E-state index contributed by atoms with van der Waals surface area (Å²) in [7, 11) is 1.29. The molecule has 1 saturated heterocycles. The van der Waals surface area contributed by atoms with Crippen molar-refractivity contribution in [1.82, 2.24) is 0 Å². The molecule has 1 rings (SSSR count). The van der Waals surface area contributed by atoms with Gasteiger partial charge in [-0.2, -0.15) is 0 Å². The van der Waals surface area contributed by atoms with E-state index in [-0.39, 0.29) is 11.8 Å². The van der Waals surface area contributed by atoms with Crippen LogP contribution in [0, 0.1) is 5.41 Å². The third-order valence-electron chi connectivity index (χ3n) is 3.12. The highest BCUT2D eigenvalue weighted by molar-refractivity contribution is 5.87. The highest BCUT2D eigenvalue weighted by atomic mass is 16.8. The first-order valence-corrected chi connectivity index (χ1v) is 6.70. The lowest BCUT2D eigenvalue weighted by atomic mass is 9.93. The van der Waals surface area contributed by atoms with E-state index in [9.17, 15) is 9.59 Å². The first-order chi connectivity index (χ1) is 9.10. The molecule has 0 spiro atoms. The second kappa shape index (κ2) is 5.95. The zero-order valence-corrected chi connectivity index (χ0v) is 13.1. The van der Waals surface area contributed by atoms with Crippen LogP contribution >= 0.6 is 0 Å². The SMILES string of the molecule is COC(=O)C[C@@]1(CC=C(C)C)O[C@@H](C(C)(C)C)OC1=O. The Hall–Kier alpha value is -1.36. The standard InChI is InChI=1S/C15H24O5/c1-10(2)7-8-15(9-11(16)18-6)12(17)19-13(20-15)14(3,4)5/h7,13H,8-9H2,1-6H3/t13-,15+/m0/s1. The van der Waals surface area contributed by atoms with Crippen LogP contribution in [0.4, 0.5) is 0 Å². The molecule has 0 amide bonds. The molecule has 0 aromatic heterocycles. The summed E-state index contributed by atoms with van der Waals surface area (Å²) in [5, 5.41) is 0. The summed E-state index contributed by atoms with van der Waals surface area (Å²) in [4.78, 5) is 23.8. The predicted molar refractivity (Wildman–Crippen MR) is 73.8 cm³/mol. The number of carbonyl (C=O) groups excluding carboxylic acids is 2. The van der Waals surface area contributed by atoms with Crippen LogP contribution in [0.25, 0.3) is 0 Å². The van der Waals surface area contributed by atoms with Crippen LogP contribution in [0.3, 0.4) is 0 Å². The summed E-state index contributed by atoms with van der Waals surface area (Å²) < 4.78 is 15.8. The van der Waals surface area contributed by atoms with Crippen molar-refractivity contribution < 1.29 is 23.8 Å². The Labute approximate surface area is 120 Å². The van der Waals surface area contributed by atoms with Crippen molar-refractivity contribution in [3.63, 3.8) is 0 Å². The summed E-state index contributed by atoms with van der Waals surface area (Å²) in [6.45, 7) is 9.60. The summed E-state index contributed by atoms with van der Waals surface area (Å²) in [5.41, 5.74) is -0.578. The van der Waals surface area contributed by atoms with E-state index >= 15 is 0 Å². The summed E-state index contributed by atoms with van der Waals surface area (Å²) >= 11 is 0. The van der Waals surface area contributed by atoms with Crippen LogP contribution in [0.1, 0.15) is 47.5 Å². The molecule has 2 atom stereocenters. The molecule has 20 heavy (non-hydrogen) atoms. The van der Waals surface area contributed by atoms with E-state index in [1.165, 1.54) is 7.11 Å². The molecule has 0 bridgehead atoms. The second-order valence-electron chi connectivity index (χ2n) is 6.45. The van der Waals surface area contributed by atoms with Gasteiger partial charge in [-0.3, -0.25) is 4.79 Å². The van der Waals surface area contributed by atoms with E-state index in [0.717, 1.165) is 5.57 Å². The van der Waals surface area contributed by atoms with Crippen LogP contribution in [0.2, 0.25) is 0 Å². The smallest absolute Gasteiger partial charge is 0.341 e. The van der Waals surface area contributed by atoms with Gasteiger partial charge in [0.15, 0.2) is 5.60 Å². The van der Waals surface area contributed by atoms with Gasteiger partial charge in [0.05, 0.1) is 13.5 Å². The van der Waals surface area contributed by atoms with Crippen LogP contribution < -0.4 is 0 Å². The topological polar surface area (TPSA) is 61.8 Å². The van der Waals surface area contributed by atoms with Gasteiger partial charge in [-0.05, 0) is 13.8 Å². The Bertz CT molecular complexity index is 414. The van der Waals surface area contributed by atoms with E-state index < -0.39 is 23.8 Å². The summed E-state index contributed by atoms with van der Waals surface area (Å²) in [5.74, 6) is -0.987. The monoisotopic (exact) mass is 284 g/mol. The first kappa shape index (κ1) is 16.7. The van der Waals surface area contributed by atoms with Crippen LogP contribution in [-0.2, 0) is 23.8 Å². The van der Waals surface area contributed by atoms with Crippen LogP contribution in [-0.4, -0.2) is 30.9 Å². The lowest BCUT2D eigenvalue weighted by Gasteiger charge is -2.27. The van der Waals surface area contributed by atoms with E-state index in [4.69, 9.17) is 9.47 Å². The molecule has 1 aliphatic rings. The molecule has 1 aliphatic heterocycles. The van der Waals surface area contributed by atoms with Crippen LogP contribution in [0.5, 0.6) is 0 Å². The highest BCUT2D eigenvalue weighted by Gasteiger charge is 2.54. The molecule has 0 radical (unpaired) electrons. The fourth-order valence-electron chi connectivity index (χ4n) is 1.83. The molecule has 1 fully saturated rings. The minimum atomic E-state index is -1.28. The molecule has 1 heterocycles. The second-order valence-corrected chi connectivity index (χ2v) is 6.45. The Kier molecular flexibility index (Phi) is 4.97. The van der Waals surface area contributed by atoms with Gasteiger partial charge in [0.25, 0.3) is 0 Å². The molecule has 0 aliphatic carbocycles. The third kappa shape index (κ3) is 3.82. The Balaban J connectivity index is 3.02. The van der Waals surface area contributed by atoms with Gasteiger partial charge < -0.3 is 14.2 Å². The van der Waals surface area contributed by atoms with Gasteiger partial charge in [0, 0.05) is 11.8 Å². The maximum Gasteiger partial charge on any atom is 0.341 e. The molecular weight excluding hydrogens is 260 g/mol. The molecule has 0 aromatic rings. The molecule has 5 nitrogen and oxygen atoms in total. The van der Waals surface area contributed by atoms with Crippen molar-refractivity contribution >= 4 is 11.9 Å². The van der Waals surface area contributed by atoms with E-state index in [1.54, 1.807) is 0 Å². The van der Waals surface area contributed by atoms with E-state index in [2.05, 4.69) is 4.74 Å². The number of methoxy groups -OCH3 is 1. The average molecular weight is 284 g/mol. The highest BCUT2D eigenvalue weighted by Crippen LogP contribution is 2.39. The lowest BCUT2D eigenvalue weighted by molar-refractivity contribution is -0.161. The summed E-state index contributed by atoms with van der Waals surface area (Å²) in [6, 6.07) is 0. The Morgan fingerprint density at radius 2 is 2.00 bits per heavy atom. The van der Waals surface area contributed by atoms with Crippen molar-refractivity contribution in [2.24, 2.45) is 5.41 Å². The molecule has 114 valence electrons. The van der Waals surface area contributed by atoms with Gasteiger partial charge in [-0.15, -0.1) is 0 Å². The van der Waals surface area contributed by atoms with Crippen molar-refractivity contribution in [2.45, 2.75) is 59.4 Å². The maximum absolute atomic E-state index is 12.2. The van der Waals surface area contributed by atoms with Gasteiger partial charge in [0.1, 0.15) is 0 Å². The maximum atomic E-state index is 12.2. The number of hydrogen-bond donors (Lipinski definition) is 0. The van der Waals surface area contributed by atoms with Gasteiger partial charge in [-0.25, -0.2) is 4.79 Å². The Morgan fingerprint density at radius 3 is 2.40 bits per heavy atom. The summed E-state index contributed by atoms with van der Waals surface area (Å²) in [6.07, 6.45) is 1.37. The molecule has 0 unspecified atom stereocenters. The number of hydrogen-bond acceptors (Lipinski definition) is 5. The van der Waals surface area contributed by atoms with Gasteiger partial charge >= 0.3 is 11.9 Å². The quantitative estimate of drug-likeness (QED) is 0.586. The predicted octanol–water partition coefficient (Wildman–Crippen LogP) is 2.59. The largest absolute Gasteiger partial charge is 0.469 e. The molecule has 0 aromatic carbocycles. The minimum absolute atomic E-state index is 0.140.